The van der Waals surface area contributed by atoms with Gasteiger partial charge in [-0.3, -0.25) is 9.59 Å². The van der Waals surface area contributed by atoms with E-state index in [-0.39, 0.29) is 18.6 Å². The van der Waals surface area contributed by atoms with E-state index in [2.05, 4.69) is 5.32 Å². The summed E-state index contributed by atoms with van der Waals surface area (Å²) in [6, 6.07) is 0. The summed E-state index contributed by atoms with van der Waals surface area (Å²) in [5.41, 5.74) is -0.994. The third kappa shape index (κ3) is 3.76. The van der Waals surface area contributed by atoms with Gasteiger partial charge in [0.1, 0.15) is 11.5 Å². The largest absolute Gasteiger partial charge is 0.465 e. The van der Waals surface area contributed by atoms with E-state index in [1.165, 1.54) is 0 Å². The van der Waals surface area contributed by atoms with Crippen molar-refractivity contribution in [3.63, 3.8) is 0 Å². The van der Waals surface area contributed by atoms with Crippen LogP contribution in [0.2, 0.25) is 0 Å². The average Bonchev–Trinajstić information content (AvgIpc) is 2.75. The second kappa shape index (κ2) is 6.37. The zero-order chi connectivity index (χ0) is 17.3. The van der Waals surface area contributed by atoms with Crippen molar-refractivity contribution < 1.29 is 23.9 Å². The van der Waals surface area contributed by atoms with Gasteiger partial charge >= 0.3 is 12.1 Å². The number of esters is 1. The van der Waals surface area contributed by atoms with Gasteiger partial charge in [0.15, 0.2) is 0 Å². The Morgan fingerprint density at radius 2 is 1.91 bits per heavy atom. The van der Waals surface area contributed by atoms with Crippen LogP contribution in [-0.2, 0) is 19.1 Å². The van der Waals surface area contributed by atoms with Crippen LogP contribution in [0.4, 0.5) is 4.79 Å². The van der Waals surface area contributed by atoms with Crippen LogP contribution in [0.15, 0.2) is 0 Å². The van der Waals surface area contributed by atoms with Crippen LogP contribution < -0.4 is 5.32 Å². The van der Waals surface area contributed by atoms with E-state index >= 15 is 0 Å². The molecule has 0 aromatic carbocycles. The van der Waals surface area contributed by atoms with E-state index in [0.29, 0.717) is 32.5 Å². The minimum absolute atomic E-state index is 0.253. The zero-order valence-electron chi connectivity index (χ0n) is 14.3. The van der Waals surface area contributed by atoms with Gasteiger partial charge in [-0.25, -0.2) is 4.79 Å². The van der Waals surface area contributed by atoms with E-state index in [4.69, 9.17) is 9.47 Å². The number of amides is 2. The molecular formula is C16H26N2O5. The lowest BCUT2D eigenvalue weighted by Gasteiger charge is -2.40. The van der Waals surface area contributed by atoms with E-state index in [1.54, 1.807) is 11.8 Å². The molecule has 2 rings (SSSR count). The second-order valence-electron chi connectivity index (χ2n) is 7.23. The Kier molecular flexibility index (Phi) is 4.87. The molecule has 0 radical (unpaired) electrons. The fraction of sp³-hybridized carbons (Fsp3) is 0.812. The van der Waals surface area contributed by atoms with Gasteiger partial charge in [-0.15, -0.1) is 0 Å². The number of nitrogens with one attached hydrogen (secondary N) is 1. The molecule has 0 aliphatic carbocycles. The topological polar surface area (TPSA) is 84.9 Å². The first-order valence-corrected chi connectivity index (χ1v) is 8.11. The average molecular weight is 326 g/mol. The molecule has 0 aromatic heterocycles. The van der Waals surface area contributed by atoms with Crippen LogP contribution in [0.25, 0.3) is 0 Å². The Bertz CT molecular complexity index is 489. The van der Waals surface area contributed by atoms with Gasteiger partial charge in [0.25, 0.3) is 0 Å². The van der Waals surface area contributed by atoms with Gasteiger partial charge in [-0.05, 0) is 40.5 Å². The number of carbonyl (C=O) groups excluding carboxylic acids is 3. The van der Waals surface area contributed by atoms with Crippen LogP contribution in [0, 0.1) is 11.3 Å². The van der Waals surface area contributed by atoms with Gasteiger partial charge in [-0.1, -0.05) is 0 Å². The van der Waals surface area contributed by atoms with Gasteiger partial charge in [0, 0.05) is 25.0 Å². The molecule has 0 aromatic rings. The fourth-order valence-electron chi connectivity index (χ4n) is 3.25. The standard InChI is InChI=1S/C16H26N2O5/c1-5-22-13(20)11-12(19)17-10-16(11)6-8-18(9-7-16)14(21)23-15(2,3)4/h11H,5-10H2,1-4H3,(H,17,19)/t11-/m1/s1. The van der Waals surface area contributed by atoms with Crippen LogP contribution in [0.1, 0.15) is 40.5 Å². The molecule has 2 fully saturated rings. The Balaban J connectivity index is 2.03. The van der Waals surface area contributed by atoms with Crippen LogP contribution in [0.3, 0.4) is 0 Å². The van der Waals surface area contributed by atoms with E-state index < -0.39 is 22.9 Å². The molecule has 7 heteroatoms. The first kappa shape index (κ1) is 17.6. The minimum Gasteiger partial charge on any atom is -0.465 e. The smallest absolute Gasteiger partial charge is 0.410 e. The van der Waals surface area contributed by atoms with Crippen molar-refractivity contribution in [3.05, 3.63) is 0 Å². The maximum Gasteiger partial charge on any atom is 0.410 e. The lowest BCUT2D eigenvalue weighted by Crippen LogP contribution is -2.49. The number of hydrogen-bond acceptors (Lipinski definition) is 5. The van der Waals surface area contributed by atoms with Crippen molar-refractivity contribution >= 4 is 18.0 Å². The molecule has 1 N–H and O–H groups in total. The normalized spacial score (nSPS) is 23.6. The zero-order valence-corrected chi connectivity index (χ0v) is 14.3. The van der Waals surface area contributed by atoms with Gasteiger partial charge in [-0.2, -0.15) is 0 Å². The summed E-state index contributed by atoms with van der Waals surface area (Å²) in [4.78, 5) is 38.0. The molecule has 2 saturated heterocycles. The maximum atomic E-state index is 12.1. The summed E-state index contributed by atoms with van der Waals surface area (Å²) in [5, 5.41) is 2.78. The third-order valence-corrected chi connectivity index (χ3v) is 4.42. The number of hydrogen-bond donors (Lipinski definition) is 1. The van der Waals surface area contributed by atoms with Crippen LogP contribution in [0.5, 0.6) is 0 Å². The number of carbonyl (C=O) groups is 3. The van der Waals surface area contributed by atoms with Crippen molar-refractivity contribution in [1.29, 1.82) is 0 Å². The molecular weight excluding hydrogens is 300 g/mol. The number of nitrogens with zero attached hydrogens (tertiary/aromatic N) is 1. The van der Waals surface area contributed by atoms with Crippen molar-refractivity contribution in [2.45, 2.75) is 46.1 Å². The predicted molar refractivity (Wildman–Crippen MR) is 82.6 cm³/mol. The summed E-state index contributed by atoms with van der Waals surface area (Å²) in [5.74, 6) is -1.51. The number of rotatable bonds is 2. The van der Waals surface area contributed by atoms with Crippen molar-refractivity contribution in [1.82, 2.24) is 10.2 Å². The fourth-order valence-corrected chi connectivity index (χ4v) is 3.25. The lowest BCUT2D eigenvalue weighted by atomic mass is 9.70. The first-order chi connectivity index (χ1) is 10.7. The Morgan fingerprint density at radius 3 is 2.43 bits per heavy atom. The summed E-state index contributed by atoms with van der Waals surface area (Å²) in [6.07, 6.45) is 0.806. The molecule has 1 atom stereocenters. The molecule has 2 aliphatic rings. The summed E-state index contributed by atoms with van der Waals surface area (Å²) in [7, 11) is 0. The summed E-state index contributed by atoms with van der Waals surface area (Å²) < 4.78 is 10.4. The second-order valence-corrected chi connectivity index (χ2v) is 7.23. The lowest BCUT2D eigenvalue weighted by molar-refractivity contribution is -0.155. The summed E-state index contributed by atoms with van der Waals surface area (Å²) >= 11 is 0. The Hall–Kier alpha value is -1.79. The third-order valence-electron chi connectivity index (χ3n) is 4.42. The van der Waals surface area contributed by atoms with Crippen molar-refractivity contribution in [2.75, 3.05) is 26.2 Å². The monoisotopic (exact) mass is 326 g/mol. The number of ether oxygens (including phenoxy) is 2. The molecule has 130 valence electrons. The Morgan fingerprint density at radius 1 is 1.30 bits per heavy atom. The van der Waals surface area contributed by atoms with Gasteiger partial charge in [0.2, 0.25) is 5.91 Å². The highest BCUT2D eigenvalue weighted by atomic mass is 16.6. The molecule has 0 bridgehead atoms. The van der Waals surface area contributed by atoms with E-state index in [0.717, 1.165) is 0 Å². The highest BCUT2D eigenvalue weighted by molar-refractivity contribution is 6.00. The molecule has 7 nitrogen and oxygen atoms in total. The molecule has 2 aliphatic heterocycles. The highest BCUT2D eigenvalue weighted by Gasteiger charge is 2.54. The highest BCUT2D eigenvalue weighted by Crippen LogP contribution is 2.42. The predicted octanol–water partition coefficient (Wildman–Crippen LogP) is 1.31. The van der Waals surface area contributed by atoms with Gasteiger partial charge in [0.05, 0.1) is 6.61 Å². The van der Waals surface area contributed by atoms with Crippen molar-refractivity contribution in [2.24, 2.45) is 11.3 Å². The van der Waals surface area contributed by atoms with Crippen LogP contribution >= 0.6 is 0 Å². The van der Waals surface area contributed by atoms with E-state index in [1.807, 2.05) is 20.8 Å². The molecule has 2 heterocycles. The molecule has 23 heavy (non-hydrogen) atoms. The molecule has 0 saturated carbocycles. The summed E-state index contributed by atoms with van der Waals surface area (Å²) in [6.45, 7) is 8.86. The molecule has 1 spiro atoms. The SMILES string of the molecule is CCOC(=O)[C@H]1C(=O)NCC12CCN(C(=O)OC(C)(C)C)CC2. The first-order valence-electron chi connectivity index (χ1n) is 8.11. The van der Waals surface area contributed by atoms with Crippen LogP contribution in [-0.4, -0.2) is 54.7 Å². The maximum absolute atomic E-state index is 12.1. The quantitative estimate of drug-likeness (QED) is 0.611. The molecule has 0 unspecified atom stereocenters. The number of piperidine rings is 1. The minimum atomic E-state index is -0.775. The van der Waals surface area contributed by atoms with Crippen molar-refractivity contribution in [3.8, 4) is 0 Å². The number of likely N-dealkylation sites (tertiary alicyclic amines) is 1. The Labute approximate surface area is 136 Å². The molecule has 2 amide bonds. The van der Waals surface area contributed by atoms with E-state index in [9.17, 15) is 14.4 Å². The van der Waals surface area contributed by atoms with Gasteiger partial charge < -0.3 is 19.7 Å².